The van der Waals surface area contributed by atoms with Crippen molar-refractivity contribution >= 4 is 34.8 Å². The molecule has 1 fully saturated rings. The first-order valence-corrected chi connectivity index (χ1v) is 12.7. The smallest absolute Gasteiger partial charge is 0.249 e. The van der Waals surface area contributed by atoms with Crippen LogP contribution in [0.3, 0.4) is 0 Å². The van der Waals surface area contributed by atoms with Crippen LogP contribution in [0.2, 0.25) is 10.0 Å². The van der Waals surface area contributed by atoms with Gasteiger partial charge < -0.3 is 15.6 Å². The minimum atomic E-state index is -1.73. The van der Waals surface area contributed by atoms with Gasteiger partial charge in [-0.05, 0) is 41.7 Å². The fraction of sp³-hybridized carbons (Fsp3) is 0.321. The fourth-order valence-corrected chi connectivity index (χ4v) is 5.64. The summed E-state index contributed by atoms with van der Waals surface area (Å²) >= 11 is 12.2. The van der Waals surface area contributed by atoms with E-state index in [9.17, 15) is 14.9 Å². The molecule has 1 aromatic heterocycles. The van der Waals surface area contributed by atoms with Crippen LogP contribution >= 0.6 is 23.2 Å². The highest BCUT2D eigenvalue weighted by Gasteiger charge is 2.61. The molecule has 1 saturated heterocycles. The Bertz CT molecular complexity index is 1480. The fourth-order valence-electron chi connectivity index (χ4n) is 5.30. The molecule has 3 N–H and O–H groups in total. The third-order valence-corrected chi connectivity index (χ3v) is 7.30. The first-order valence-electron chi connectivity index (χ1n) is 11.9. The summed E-state index contributed by atoms with van der Waals surface area (Å²) in [5, 5.41) is 16.7. The molecule has 3 aromatic rings. The van der Waals surface area contributed by atoms with E-state index >= 15 is 8.78 Å². The van der Waals surface area contributed by atoms with Crippen molar-refractivity contribution in [3.05, 3.63) is 97.9 Å². The predicted molar refractivity (Wildman–Crippen MR) is 143 cm³/mol. The summed E-state index contributed by atoms with van der Waals surface area (Å²) in [4.78, 5) is 28.0. The standard InChI is InChI=1S/C28H26Cl2F2N4O2/c1-27(2,3)13-21-28(14-33,18-8-7-15(29)11-20(18)31)23(17-5-4-6-19(30)24(17)32)25(36-21)26(38)35-16-9-10-34-22(37)12-16/h4-12,21,23,25,36H,13H2,1-3H3,(H2,34,35,37,38). The Balaban J connectivity index is 1.98. The largest absolute Gasteiger partial charge is 0.329 e. The highest BCUT2D eigenvalue weighted by Crippen LogP contribution is 2.52. The van der Waals surface area contributed by atoms with E-state index in [0.717, 1.165) is 6.07 Å². The molecule has 0 radical (unpaired) electrons. The maximum absolute atomic E-state index is 15.6. The lowest BCUT2D eigenvalue weighted by atomic mass is 9.62. The molecule has 38 heavy (non-hydrogen) atoms. The Morgan fingerprint density at radius 1 is 1.16 bits per heavy atom. The second kappa shape index (κ2) is 10.5. The van der Waals surface area contributed by atoms with E-state index in [0.29, 0.717) is 6.42 Å². The minimum absolute atomic E-state index is 0.0108. The van der Waals surface area contributed by atoms with Crippen molar-refractivity contribution in [3.63, 3.8) is 0 Å². The molecule has 1 aliphatic heterocycles. The SMILES string of the molecule is CC(C)(C)CC1NC(C(=O)Nc2cc[nH]c(=O)c2)C(c2cccc(Cl)c2F)C1(C#N)c1ccc(Cl)cc1F. The average molecular weight is 559 g/mol. The molecular formula is C28H26Cl2F2N4O2. The first-order chi connectivity index (χ1) is 17.9. The number of halogens is 4. The van der Waals surface area contributed by atoms with E-state index < -0.39 is 46.5 Å². The molecule has 0 saturated carbocycles. The number of carbonyl (C=O) groups excluding carboxylic acids is 1. The van der Waals surface area contributed by atoms with Crippen molar-refractivity contribution in [1.29, 1.82) is 5.26 Å². The summed E-state index contributed by atoms with van der Waals surface area (Å²) in [5.41, 5.74) is -2.34. The number of anilines is 1. The molecule has 6 nitrogen and oxygen atoms in total. The van der Waals surface area contributed by atoms with Crippen LogP contribution in [-0.2, 0) is 10.2 Å². The third-order valence-electron chi connectivity index (χ3n) is 6.77. The first kappa shape index (κ1) is 27.8. The van der Waals surface area contributed by atoms with Gasteiger partial charge >= 0.3 is 0 Å². The van der Waals surface area contributed by atoms with Crippen molar-refractivity contribution in [2.75, 3.05) is 5.32 Å². The molecular weight excluding hydrogens is 533 g/mol. The van der Waals surface area contributed by atoms with Crippen LogP contribution in [0.4, 0.5) is 14.5 Å². The van der Waals surface area contributed by atoms with Crippen LogP contribution in [-0.4, -0.2) is 23.0 Å². The van der Waals surface area contributed by atoms with Crippen LogP contribution in [0.1, 0.15) is 44.2 Å². The van der Waals surface area contributed by atoms with Crippen LogP contribution < -0.4 is 16.2 Å². The Hall–Kier alpha value is -3.25. The Morgan fingerprint density at radius 2 is 1.89 bits per heavy atom. The third kappa shape index (κ3) is 5.19. The topological polar surface area (TPSA) is 97.8 Å². The number of nitrogens with zero attached hydrogens (tertiary/aromatic N) is 1. The van der Waals surface area contributed by atoms with Crippen LogP contribution in [0, 0.1) is 28.4 Å². The lowest BCUT2D eigenvalue weighted by Gasteiger charge is -2.37. The highest BCUT2D eigenvalue weighted by molar-refractivity contribution is 6.31. The zero-order chi connectivity index (χ0) is 27.8. The van der Waals surface area contributed by atoms with Gasteiger partial charge in [0.1, 0.15) is 17.0 Å². The maximum Gasteiger partial charge on any atom is 0.249 e. The van der Waals surface area contributed by atoms with Crippen LogP contribution in [0.5, 0.6) is 0 Å². The van der Waals surface area contributed by atoms with Gasteiger partial charge in [0.05, 0.1) is 17.1 Å². The Morgan fingerprint density at radius 3 is 2.53 bits per heavy atom. The quantitative estimate of drug-likeness (QED) is 0.362. The number of benzene rings is 2. The number of aromatic amines is 1. The number of amides is 1. The van der Waals surface area contributed by atoms with E-state index in [1.54, 1.807) is 0 Å². The Labute approximate surface area is 229 Å². The van der Waals surface area contributed by atoms with Gasteiger partial charge in [-0.1, -0.05) is 62.2 Å². The van der Waals surface area contributed by atoms with Crippen molar-refractivity contribution in [3.8, 4) is 6.07 Å². The molecule has 1 aliphatic rings. The molecule has 1 amide bonds. The van der Waals surface area contributed by atoms with E-state index in [1.165, 1.54) is 48.7 Å². The normalized spacial score (nSPS) is 23.2. The summed E-state index contributed by atoms with van der Waals surface area (Å²) in [5.74, 6) is -3.37. The summed E-state index contributed by atoms with van der Waals surface area (Å²) < 4.78 is 31.2. The van der Waals surface area contributed by atoms with E-state index in [-0.39, 0.29) is 32.3 Å². The van der Waals surface area contributed by atoms with Gasteiger partial charge in [-0.3, -0.25) is 9.59 Å². The molecule has 10 heteroatoms. The van der Waals surface area contributed by atoms with E-state index in [1.807, 2.05) is 20.8 Å². The van der Waals surface area contributed by atoms with Gasteiger partial charge in [0.2, 0.25) is 11.5 Å². The number of pyridine rings is 1. The van der Waals surface area contributed by atoms with Crippen molar-refractivity contribution < 1.29 is 13.6 Å². The van der Waals surface area contributed by atoms with Crippen molar-refractivity contribution in [1.82, 2.24) is 10.3 Å². The number of rotatable bonds is 5. The van der Waals surface area contributed by atoms with E-state index in [2.05, 4.69) is 21.7 Å². The van der Waals surface area contributed by atoms with Crippen molar-refractivity contribution in [2.45, 2.75) is 50.6 Å². The zero-order valence-corrected chi connectivity index (χ0v) is 22.4. The number of H-pyrrole nitrogens is 1. The molecule has 4 unspecified atom stereocenters. The Kier molecular flexibility index (Phi) is 7.67. The summed E-state index contributed by atoms with van der Waals surface area (Å²) in [6.45, 7) is 5.86. The molecule has 0 aliphatic carbocycles. The second-order valence-corrected chi connectivity index (χ2v) is 11.5. The number of nitrogens with one attached hydrogen (secondary N) is 3. The molecule has 0 bridgehead atoms. The van der Waals surface area contributed by atoms with Crippen LogP contribution in [0.25, 0.3) is 0 Å². The molecule has 4 rings (SSSR count). The lowest BCUT2D eigenvalue weighted by molar-refractivity contribution is -0.118. The summed E-state index contributed by atoms with van der Waals surface area (Å²) in [6.07, 6.45) is 1.72. The van der Waals surface area contributed by atoms with Gasteiger partial charge in [-0.2, -0.15) is 5.26 Å². The van der Waals surface area contributed by atoms with Crippen LogP contribution in [0.15, 0.2) is 59.5 Å². The van der Waals surface area contributed by atoms with Gasteiger partial charge in [-0.25, -0.2) is 8.78 Å². The number of hydrogen-bond acceptors (Lipinski definition) is 4. The van der Waals surface area contributed by atoms with Gasteiger partial charge in [0.15, 0.2) is 0 Å². The monoisotopic (exact) mass is 558 g/mol. The molecule has 0 spiro atoms. The number of aromatic nitrogens is 1. The average Bonchev–Trinajstić information content (AvgIpc) is 3.14. The molecule has 2 heterocycles. The number of carbonyl (C=O) groups is 1. The highest BCUT2D eigenvalue weighted by atomic mass is 35.5. The maximum atomic E-state index is 15.6. The molecule has 2 aromatic carbocycles. The van der Waals surface area contributed by atoms with Gasteiger partial charge in [0.25, 0.3) is 0 Å². The van der Waals surface area contributed by atoms with Gasteiger partial charge in [0, 0.05) is 40.5 Å². The van der Waals surface area contributed by atoms with Crippen molar-refractivity contribution in [2.24, 2.45) is 5.41 Å². The number of hydrogen-bond donors (Lipinski definition) is 3. The lowest BCUT2D eigenvalue weighted by Crippen LogP contribution is -2.45. The second-order valence-electron chi connectivity index (χ2n) is 10.6. The van der Waals surface area contributed by atoms with Gasteiger partial charge in [-0.15, -0.1) is 0 Å². The van der Waals surface area contributed by atoms with E-state index in [4.69, 9.17) is 23.2 Å². The number of nitriles is 1. The summed E-state index contributed by atoms with van der Waals surface area (Å²) in [7, 11) is 0. The molecule has 4 atom stereocenters. The minimum Gasteiger partial charge on any atom is -0.329 e. The predicted octanol–water partition coefficient (Wildman–Crippen LogP) is 5.92. The summed E-state index contributed by atoms with van der Waals surface area (Å²) in [6, 6.07) is 11.3. The molecule has 198 valence electrons. The zero-order valence-electron chi connectivity index (χ0n) is 20.9.